The minimum atomic E-state index is -0.269. The standard InChI is InChI=1S/C10H13N5O2/c1-11-8-5-13-7(4-14-8)10(17)15-3-2-12-9(16)6-15/h4-5H,2-3,6H2,1H3,(H,11,14)(H,12,16). The molecular weight excluding hydrogens is 222 g/mol. The van der Waals surface area contributed by atoms with Crippen LogP contribution < -0.4 is 10.6 Å². The molecule has 1 aliphatic heterocycles. The van der Waals surface area contributed by atoms with Gasteiger partial charge >= 0.3 is 0 Å². The Morgan fingerprint density at radius 2 is 2.29 bits per heavy atom. The molecule has 17 heavy (non-hydrogen) atoms. The van der Waals surface area contributed by atoms with Crippen molar-refractivity contribution in [2.24, 2.45) is 0 Å². The molecule has 0 radical (unpaired) electrons. The summed E-state index contributed by atoms with van der Waals surface area (Å²) in [6.45, 7) is 1.06. The maximum Gasteiger partial charge on any atom is 0.274 e. The molecule has 1 fully saturated rings. The van der Waals surface area contributed by atoms with Crippen LogP contribution in [0.5, 0.6) is 0 Å². The van der Waals surface area contributed by atoms with Gasteiger partial charge < -0.3 is 15.5 Å². The van der Waals surface area contributed by atoms with Crippen molar-refractivity contribution >= 4 is 17.6 Å². The lowest BCUT2D eigenvalue weighted by molar-refractivity contribution is -0.123. The smallest absolute Gasteiger partial charge is 0.274 e. The second-order valence-electron chi connectivity index (χ2n) is 3.61. The SMILES string of the molecule is CNc1cnc(C(=O)N2CCNC(=O)C2)cn1. The van der Waals surface area contributed by atoms with Crippen molar-refractivity contribution < 1.29 is 9.59 Å². The molecule has 1 aromatic rings. The summed E-state index contributed by atoms with van der Waals surface area (Å²) >= 11 is 0. The first kappa shape index (κ1) is 11.3. The highest BCUT2D eigenvalue weighted by molar-refractivity contribution is 5.95. The van der Waals surface area contributed by atoms with Gasteiger partial charge in [0.05, 0.1) is 18.9 Å². The fourth-order valence-electron chi connectivity index (χ4n) is 1.54. The predicted molar refractivity (Wildman–Crippen MR) is 60.5 cm³/mol. The van der Waals surface area contributed by atoms with Gasteiger partial charge in [0.2, 0.25) is 5.91 Å². The monoisotopic (exact) mass is 235 g/mol. The van der Waals surface area contributed by atoms with Crippen molar-refractivity contribution in [1.29, 1.82) is 0 Å². The summed E-state index contributed by atoms with van der Waals surface area (Å²) in [6.07, 6.45) is 2.89. The number of hydrogen-bond acceptors (Lipinski definition) is 5. The Morgan fingerprint density at radius 1 is 1.47 bits per heavy atom. The summed E-state index contributed by atoms with van der Waals surface area (Å²) in [7, 11) is 1.72. The number of aromatic nitrogens is 2. The van der Waals surface area contributed by atoms with Gasteiger partial charge in [-0.3, -0.25) is 9.59 Å². The average molecular weight is 235 g/mol. The fourth-order valence-corrected chi connectivity index (χ4v) is 1.54. The Labute approximate surface area is 98.2 Å². The molecular formula is C10H13N5O2. The number of piperazine rings is 1. The van der Waals surface area contributed by atoms with E-state index < -0.39 is 0 Å². The van der Waals surface area contributed by atoms with Crippen LogP contribution in [0.1, 0.15) is 10.5 Å². The number of carbonyl (C=O) groups excluding carboxylic acids is 2. The van der Waals surface area contributed by atoms with Crippen LogP contribution in [0.25, 0.3) is 0 Å². The van der Waals surface area contributed by atoms with Crippen LogP contribution in [0.4, 0.5) is 5.82 Å². The van der Waals surface area contributed by atoms with Crippen LogP contribution in [0, 0.1) is 0 Å². The van der Waals surface area contributed by atoms with Gasteiger partial charge in [-0.15, -0.1) is 0 Å². The van der Waals surface area contributed by atoms with Crippen LogP contribution >= 0.6 is 0 Å². The summed E-state index contributed by atoms with van der Waals surface area (Å²) in [5.41, 5.74) is 0.249. The molecule has 0 atom stereocenters. The lowest BCUT2D eigenvalue weighted by Gasteiger charge is -2.26. The zero-order chi connectivity index (χ0) is 12.3. The lowest BCUT2D eigenvalue weighted by atomic mass is 10.3. The Bertz CT molecular complexity index is 431. The van der Waals surface area contributed by atoms with Gasteiger partial charge in [0.25, 0.3) is 5.91 Å². The molecule has 90 valence electrons. The zero-order valence-electron chi connectivity index (χ0n) is 9.43. The van der Waals surface area contributed by atoms with Crippen LogP contribution in [-0.4, -0.2) is 53.4 Å². The highest BCUT2D eigenvalue weighted by atomic mass is 16.2. The Kier molecular flexibility index (Phi) is 3.17. The van der Waals surface area contributed by atoms with E-state index in [1.165, 1.54) is 17.3 Å². The van der Waals surface area contributed by atoms with E-state index in [0.717, 1.165) is 0 Å². The van der Waals surface area contributed by atoms with Crippen LogP contribution in [-0.2, 0) is 4.79 Å². The minimum absolute atomic E-state index is 0.0777. The summed E-state index contributed by atoms with van der Waals surface area (Å²) in [5, 5.41) is 5.47. The lowest BCUT2D eigenvalue weighted by Crippen LogP contribution is -2.50. The summed E-state index contributed by atoms with van der Waals surface area (Å²) in [4.78, 5) is 32.6. The molecule has 2 amide bonds. The quantitative estimate of drug-likeness (QED) is 0.693. The molecule has 2 heterocycles. The summed E-state index contributed by atoms with van der Waals surface area (Å²) in [6, 6.07) is 0. The van der Waals surface area contributed by atoms with E-state index in [2.05, 4.69) is 20.6 Å². The molecule has 0 unspecified atom stereocenters. The van der Waals surface area contributed by atoms with Gasteiger partial charge in [-0.25, -0.2) is 9.97 Å². The highest BCUT2D eigenvalue weighted by Crippen LogP contribution is 2.05. The molecule has 0 bridgehead atoms. The normalized spacial score (nSPS) is 15.4. The van der Waals surface area contributed by atoms with Crippen LogP contribution in [0.3, 0.4) is 0 Å². The van der Waals surface area contributed by atoms with E-state index >= 15 is 0 Å². The topological polar surface area (TPSA) is 87.2 Å². The number of anilines is 1. The summed E-state index contributed by atoms with van der Waals surface area (Å²) in [5.74, 6) is 0.178. The number of carbonyl (C=O) groups is 2. The molecule has 0 saturated carbocycles. The molecule has 7 nitrogen and oxygen atoms in total. The van der Waals surface area contributed by atoms with Gasteiger partial charge in [-0.2, -0.15) is 0 Å². The molecule has 0 aliphatic carbocycles. The fraction of sp³-hybridized carbons (Fsp3) is 0.400. The van der Waals surface area contributed by atoms with E-state index in [1.54, 1.807) is 7.05 Å². The molecule has 1 saturated heterocycles. The minimum Gasteiger partial charge on any atom is -0.372 e. The third kappa shape index (κ3) is 2.49. The first-order chi connectivity index (χ1) is 8.20. The predicted octanol–water partition coefficient (Wildman–Crippen LogP) is -0.910. The van der Waals surface area contributed by atoms with E-state index in [0.29, 0.717) is 18.9 Å². The second kappa shape index (κ2) is 4.77. The molecule has 7 heteroatoms. The van der Waals surface area contributed by atoms with Crippen LogP contribution in [0.2, 0.25) is 0 Å². The summed E-state index contributed by atoms with van der Waals surface area (Å²) < 4.78 is 0. The third-order valence-corrected chi connectivity index (χ3v) is 2.45. The van der Waals surface area contributed by atoms with Crippen molar-refractivity contribution in [3.05, 3.63) is 18.1 Å². The van der Waals surface area contributed by atoms with Crippen molar-refractivity contribution in [3.8, 4) is 0 Å². The van der Waals surface area contributed by atoms with Gasteiger partial charge in [-0.1, -0.05) is 0 Å². The third-order valence-electron chi connectivity index (χ3n) is 2.45. The molecule has 2 rings (SSSR count). The van der Waals surface area contributed by atoms with E-state index in [1.807, 2.05) is 0 Å². The molecule has 0 aromatic carbocycles. The molecule has 2 N–H and O–H groups in total. The first-order valence-electron chi connectivity index (χ1n) is 5.26. The number of nitrogens with one attached hydrogen (secondary N) is 2. The molecule has 1 aliphatic rings. The van der Waals surface area contributed by atoms with Gasteiger partial charge in [-0.05, 0) is 0 Å². The van der Waals surface area contributed by atoms with Crippen LogP contribution in [0.15, 0.2) is 12.4 Å². The average Bonchev–Trinajstić information content (AvgIpc) is 2.38. The van der Waals surface area contributed by atoms with E-state index in [4.69, 9.17) is 0 Å². The van der Waals surface area contributed by atoms with Gasteiger partial charge in [0.1, 0.15) is 11.5 Å². The number of rotatable bonds is 2. The van der Waals surface area contributed by atoms with Gasteiger partial charge in [0.15, 0.2) is 0 Å². The Hall–Kier alpha value is -2.18. The zero-order valence-corrected chi connectivity index (χ0v) is 9.43. The Balaban J connectivity index is 2.10. The maximum absolute atomic E-state index is 12.0. The largest absolute Gasteiger partial charge is 0.372 e. The number of nitrogens with zero attached hydrogens (tertiary/aromatic N) is 3. The number of hydrogen-bond donors (Lipinski definition) is 2. The Morgan fingerprint density at radius 3 is 2.88 bits per heavy atom. The first-order valence-corrected chi connectivity index (χ1v) is 5.26. The van der Waals surface area contributed by atoms with Crippen molar-refractivity contribution in [2.45, 2.75) is 0 Å². The number of amides is 2. The second-order valence-corrected chi connectivity index (χ2v) is 3.61. The van der Waals surface area contributed by atoms with Crippen molar-refractivity contribution in [2.75, 3.05) is 32.0 Å². The maximum atomic E-state index is 12.0. The van der Waals surface area contributed by atoms with E-state index in [9.17, 15) is 9.59 Å². The van der Waals surface area contributed by atoms with Crippen molar-refractivity contribution in [1.82, 2.24) is 20.2 Å². The van der Waals surface area contributed by atoms with Gasteiger partial charge in [0, 0.05) is 20.1 Å². The molecule has 1 aromatic heterocycles. The van der Waals surface area contributed by atoms with Crippen molar-refractivity contribution in [3.63, 3.8) is 0 Å². The molecule has 0 spiro atoms. The van der Waals surface area contributed by atoms with E-state index in [-0.39, 0.29) is 24.1 Å². The highest BCUT2D eigenvalue weighted by Gasteiger charge is 2.23.